The summed E-state index contributed by atoms with van der Waals surface area (Å²) in [5.74, 6) is 0.545. The number of benzene rings is 2. The molecule has 0 bridgehead atoms. The van der Waals surface area contributed by atoms with E-state index >= 15 is 0 Å². The van der Waals surface area contributed by atoms with Crippen molar-refractivity contribution < 1.29 is 19.1 Å². The van der Waals surface area contributed by atoms with E-state index in [1.54, 1.807) is 11.2 Å². The standard InChI is InChI=1S/C27H30N4O4/c1-2-34-22-10-8-21(9-11-22)29-26(32)20-12-14-30(15-13-20)27(33)25-23-17-35-24(16-31(23)18-28-25)19-6-4-3-5-7-19/h3-11,18,20,24H,2,12-17H2,1H3,(H,29,32)/t24-/m0/s1. The Morgan fingerprint density at radius 1 is 1.09 bits per heavy atom. The predicted octanol–water partition coefficient (Wildman–Crippen LogP) is 4.04. The van der Waals surface area contributed by atoms with Crippen molar-refractivity contribution in [2.45, 2.75) is 39.0 Å². The highest BCUT2D eigenvalue weighted by molar-refractivity contribution is 5.95. The Balaban J connectivity index is 1.16. The minimum Gasteiger partial charge on any atom is -0.494 e. The molecule has 35 heavy (non-hydrogen) atoms. The minimum atomic E-state index is -0.128. The van der Waals surface area contributed by atoms with Gasteiger partial charge >= 0.3 is 0 Å². The first kappa shape index (κ1) is 23.1. The summed E-state index contributed by atoms with van der Waals surface area (Å²) in [6.07, 6.45) is 2.93. The molecule has 1 saturated heterocycles. The summed E-state index contributed by atoms with van der Waals surface area (Å²) in [6, 6.07) is 17.5. The molecule has 1 aromatic heterocycles. The molecule has 2 aliphatic rings. The summed E-state index contributed by atoms with van der Waals surface area (Å²) in [4.78, 5) is 32.2. The highest BCUT2D eigenvalue weighted by atomic mass is 16.5. The molecule has 3 aromatic rings. The fourth-order valence-corrected chi connectivity index (χ4v) is 4.72. The third kappa shape index (κ3) is 5.07. The van der Waals surface area contributed by atoms with Crippen LogP contribution in [0, 0.1) is 5.92 Å². The number of rotatable bonds is 6. The summed E-state index contributed by atoms with van der Waals surface area (Å²) in [5.41, 5.74) is 3.13. The largest absolute Gasteiger partial charge is 0.494 e. The highest BCUT2D eigenvalue weighted by Gasteiger charge is 2.32. The van der Waals surface area contributed by atoms with Gasteiger partial charge in [-0.1, -0.05) is 30.3 Å². The van der Waals surface area contributed by atoms with Crippen LogP contribution in [0.25, 0.3) is 0 Å². The lowest BCUT2D eigenvalue weighted by Crippen LogP contribution is -2.42. The van der Waals surface area contributed by atoms with Crippen molar-refractivity contribution in [1.82, 2.24) is 14.5 Å². The lowest BCUT2D eigenvalue weighted by molar-refractivity contribution is -0.121. The van der Waals surface area contributed by atoms with Gasteiger partial charge in [0.25, 0.3) is 5.91 Å². The monoisotopic (exact) mass is 474 g/mol. The zero-order valence-electron chi connectivity index (χ0n) is 19.9. The number of carbonyl (C=O) groups excluding carboxylic acids is 2. The van der Waals surface area contributed by atoms with Gasteiger partial charge in [-0.2, -0.15) is 0 Å². The molecule has 0 radical (unpaired) electrons. The lowest BCUT2D eigenvalue weighted by Gasteiger charge is -2.31. The van der Waals surface area contributed by atoms with Crippen LogP contribution >= 0.6 is 0 Å². The van der Waals surface area contributed by atoms with E-state index in [2.05, 4.69) is 22.4 Å². The number of hydrogen-bond donors (Lipinski definition) is 1. The zero-order chi connectivity index (χ0) is 24.2. The van der Waals surface area contributed by atoms with Crippen LogP contribution in [0.15, 0.2) is 60.9 Å². The molecule has 3 heterocycles. The second-order valence-electron chi connectivity index (χ2n) is 8.92. The Morgan fingerprint density at radius 2 is 1.83 bits per heavy atom. The Kier molecular flexibility index (Phi) is 6.81. The van der Waals surface area contributed by atoms with Crippen LogP contribution in [-0.4, -0.2) is 46.0 Å². The average Bonchev–Trinajstić information content (AvgIpc) is 3.33. The molecular weight excluding hydrogens is 444 g/mol. The smallest absolute Gasteiger partial charge is 0.274 e. The fourth-order valence-electron chi connectivity index (χ4n) is 4.72. The highest BCUT2D eigenvalue weighted by Crippen LogP contribution is 2.29. The zero-order valence-corrected chi connectivity index (χ0v) is 19.9. The topological polar surface area (TPSA) is 85.7 Å². The molecule has 1 fully saturated rings. The van der Waals surface area contributed by atoms with E-state index in [0.29, 0.717) is 51.4 Å². The van der Waals surface area contributed by atoms with E-state index in [1.807, 2.05) is 54.0 Å². The van der Waals surface area contributed by atoms with Gasteiger partial charge in [0, 0.05) is 24.7 Å². The second-order valence-corrected chi connectivity index (χ2v) is 8.92. The lowest BCUT2D eigenvalue weighted by atomic mass is 9.95. The molecule has 1 N–H and O–H groups in total. The molecule has 5 rings (SSSR count). The number of nitrogens with one attached hydrogen (secondary N) is 1. The normalized spacial score (nSPS) is 18.1. The molecule has 0 aliphatic carbocycles. The molecule has 8 nitrogen and oxygen atoms in total. The maximum Gasteiger partial charge on any atom is 0.274 e. The number of anilines is 1. The Labute approximate surface area is 204 Å². The van der Waals surface area contributed by atoms with Gasteiger partial charge in [-0.3, -0.25) is 9.59 Å². The molecule has 1 atom stereocenters. The number of hydrogen-bond acceptors (Lipinski definition) is 5. The molecule has 0 spiro atoms. The van der Waals surface area contributed by atoms with E-state index in [0.717, 1.165) is 22.7 Å². The summed E-state index contributed by atoms with van der Waals surface area (Å²) >= 11 is 0. The Hall–Kier alpha value is -3.65. The Morgan fingerprint density at radius 3 is 2.54 bits per heavy atom. The van der Waals surface area contributed by atoms with Gasteiger partial charge in [0.2, 0.25) is 5.91 Å². The van der Waals surface area contributed by atoms with Crippen LogP contribution in [0.2, 0.25) is 0 Å². The molecule has 8 heteroatoms. The molecule has 2 aromatic carbocycles. The predicted molar refractivity (Wildman–Crippen MR) is 131 cm³/mol. The number of aromatic nitrogens is 2. The van der Waals surface area contributed by atoms with Crippen molar-refractivity contribution in [2.24, 2.45) is 5.92 Å². The van der Waals surface area contributed by atoms with Crippen molar-refractivity contribution in [3.05, 3.63) is 77.9 Å². The molecule has 182 valence electrons. The first-order valence-corrected chi connectivity index (χ1v) is 12.2. The maximum absolute atomic E-state index is 13.2. The van der Waals surface area contributed by atoms with Crippen LogP contribution < -0.4 is 10.1 Å². The summed E-state index contributed by atoms with van der Waals surface area (Å²) in [5, 5.41) is 2.98. The van der Waals surface area contributed by atoms with Crippen molar-refractivity contribution in [3.8, 4) is 5.75 Å². The molecule has 0 saturated carbocycles. The van der Waals surface area contributed by atoms with Gasteiger partial charge < -0.3 is 24.3 Å². The van der Waals surface area contributed by atoms with Gasteiger partial charge in [-0.05, 0) is 49.6 Å². The number of carbonyl (C=O) groups is 2. The fraction of sp³-hybridized carbons (Fsp3) is 0.370. The number of fused-ring (bicyclic) bond motifs is 1. The van der Waals surface area contributed by atoms with Crippen LogP contribution in [0.3, 0.4) is 0 Å². The van der Waals surface area contributed by atoms with Gasteiger partial charge in [0.1, 0.15) is 11.9 Å². The van der Waals surface area contributed by atoms with Gasteiger partial charge in [0.05, 0.1) is 31.8 Å². The van der Waals surface area contributed by atoms with Crippen molar-refractivity contribution in [2.75, 3.05) is 25.0 Å². The van der Waals surface area contributed by atoms with Crippen molar-refractivity contribution in [3.63, 3.8) is 0 Å². The van der Waals surface area contributed by atoms with Gasteiger partial charge in [-0.25, -0.2) is 4.98 Å². The van der Waals surface area contributed by atoms with Crippen LogP contribution in [0.4, 0.5) is 5.69 Å². The number of imidazole rings is 1. The number of amides is 2. The van der Waals surface area contributed by atoms with Crippen LogP contribution in [-0.2, 0) is 22.7 Å². The molecule has 0 unspecified atom stereocenters. The first-order chi connectivity index (χ1) is 17.1. The van der Waals surface area contributed by atoms with Gasteiger partial charge in [-0.15, -0.1) is 0 Å². The number of nitrogens with zero attached hydrogens (tertiary/aromatic N) is 3. The number of piperidine rings is 1. The second kappa shape index (κ2) is 10.3. The number of likely N-dealkylation sites (tertiary alicyclic amines) is 1. The van der Waals surface area contributed by atoms with E-state index in [-0.39, 0.29) is 23.8 Å². The summed E-state index contributed by atoms with van der Waals surface area (Å²) < 4.78 is 13.5. The molecule has 2 amide bonds. The average molecular weight is 475 g/mol. The van der Waals surface area contributed by atoms with Crippen molar-refractivity contribution in [1.29, 1.82) is 0 Å². The van der Waals surface area contributed by atoms with E-state index in [9.17, 15) is 9.59 Å². The minimum absolute atomic E-state index is 0.0130. The maximum atomic E-state index is 13.2. The third-order valence-electron chi connectivity index (χ3n) is 6.69. The number of ether oxygens (including phenoxy) is 2. The summed E-state index contributed by atoms with van der Waals surface area (Å²) in [6.45, 7) is 4.57. The third-order valence-corrected chi connectivity index (χ3v) is 6.69. The SMILES string of the molecule is CCOc1ccc(NC(=O)C2CCN(C(=O)c3ncn4c3CO[C@H](c3ccccc3)C4)CC2)cc1. The van der Waals surface area contributed by atoms with Gasteiger partial charge in [0.15, 0.2) is 5.69 Å². The molecule has 2 aliphatic heterocycles. The Bertz CT molecular complexity index is 1170. The quantitative estimate of drug-likeness (QED) is 0.583. The van der Waals surface area contributed by atoms with E-state index in [1.165, 1.54) is 0 Å². The summed E-state index contributed by atoms with van der Waals surface area (Å²) in [7, 11) is 0. The molecular formula is C27H30N4O4. The van der Waals surface area contributed by atoms with Crippen molar-refractivity contribution >= 4 is 17.5 Å². The van der Waals surface area contributed by atoms with E-state index < -0.39 is 0 Å². The first-order valence-electron chi connectivity index (χ1n) is 12.2. The van der Waals surface area contributed by atoms with E-state index in [4.69, 9.17) is 9.47 Å². The van der Waals surface area contributed by atoms with Crippen LogP contribution in [0.5, 0.6) is 5.75 Å². The van der Waals surface area contributed by atoms with Crippen LogP contribution in [0.1, 0.15) is 47.6 Å².